The zero-order valence-corrected chi connectivity index (χ0v) is 11.5. The topological polar surface area (TPSA) is 36.4 Å². The van der Waals surface area contributed by atoms with E-state index in [2.05, 4.69) is 16.0 Å². The summed E-state index contributed by atoms with van der Waals surface area (Å²) in [7, 11) is 0. The number of nitrogens with zero attached hydrogens (tertiary/aromatic N) is 2. The third-order valence-electron chi connectivity index (χ3n) is 3.85. The highest BCUT2D eigenvalue weighted by atomic mass is 35.5. The maximum Gasteiger partial charge on any atom is 0.0737 e. The summed E-state index contributed by atoms with van der Waals surface area (Å²) in [6.07, 6.45) is 3.89. The van der Waals surface area contributed by atoms with Gasteiger partial charge in [-0.1, -0.05) is 11.6 Å². The lowest BCUT2D eigenvalue weighted by molar-refractivity contribution is 0.263. The molecule has 1 aliphatic rings. The largest absolute Gasteiger partial charge is 0.396 e. The van der Waals surface area contributed by atoms with Gasteiger partial charge in [0.1, 0.15) is 0 Å². The maximum atomic E-state index is 9.04. The van der Waals surface area contributed by atoms with Crippen LogP contribution in [0.1, 0.15) is 12.8 Å². The molecule has 0 bridgehead atoms. The Morgan fingerprint density at radius 3 is 3.11 bits per heavy atom. The van der Waals surface area contributed by atoms with Gasteiger partial charge >= 0.3 is 0 Å². The van der Waals surface area contributed by atoms with Crippen molar-refractivity contribution in [2.24, 2.45) is 5.92 Å². The quantitative estimate of drug-likeness (QED) is 0.936. The molecule has 2 heterocycles. The van der Waals surface area contributed by atoms with E-state index in [1.807, 2.05) is 24.4 Å². The Morgan fingerprint density at radius 2 is 2.26 bits per heavy atom. The summed E-state index contributed by atoms with van der Waals surface area (Å²) in [6, 6.07) is 7.93. The average Bonchev–Trinajstić information content (AvgIpc) is 2.86. The second kappa shape index (κ2) is 5.35. The number of hydrogen-bond donors (Lipinski definition) is 1. The first-order valence-corrected chi connectivity index (χ1v) is 7.06. The molecule has 3 rings (SSSR count). The molecule has 1 atom stereocenters. The molecule has 1 N–H and O–H groups in total. The Kier molecular flexibility index (Phi) is 3.58. The monoisotopic (exact) mass is 276 g/mol. The Hall–Kier alpha value is -1.32. The van der Waals surface area contributed by atoms with E-state index in [4.69, 9.17) is 16.7 Å². The van der Waals surface area contributed by atoms with Crippen molar-refractivity contribution >= 4 is 28.2 Å². The second-order valence-electron chi connectivity index (χ2n) is 5.10. The molecule has 1 saturated heterocycles. The summed E-state index contributed by atoms with van der Waals surface area (Å²) in [6.45, 7) is 2.35. The van der Waals surface area contributed by atoms with Gasteiger partial charge in [0.25, 0.3) is 0 Å². The number of aromatic nitrogens is 1. The molecule has 1 aromatic heterocycles. The number of hydrogen-bond acceptors (Lipinski definition) is 3. The van der Waals surface area contributed by atoms with E-state index >= 15 is 0 Å². The van der Waals surface area contributed by atoms with Gasteiger partial charge in [-0.2, -0.15) is 0 Å². The van der Waals surface area contributed by atoms with E-state index in [9.17, 15) is 0 Å². The molecular weight excluding hydrogens is 260 g/mol. The van der Waals surface area contributed by atoms with Crippen molar-refractivity contribution in [3.63, 3.8) is 0 Å². The number of rotatable bonds is 3. The van der Waals surface area contributed by atoms with Gasteiger partial charge in [0, 0.05) is 42.0 Å². The van der Waals surface area contributed by atoms with Crippen LogP contribution in [0.15, 0.2) is 30.5 Å². The van der Waals surface area contributed by atoms with Crippen LogP contribution >= 0.6 is 11.6 Å². The number of pyridine rings is 1. The first kappa shape index (κ1) is 12.7. The third-order valence-corrected chi connectivity index (χ3v) is 4.08. The molecule has 1 aliphatic heterocycles. The van der Waals surface area contributed by atoms with Crippen LogP contribution in [0.3, 0.4) is 0 Å². The van der Waals surface area contributed by atoms with Crippen molar-refractivity contribution in [3.05, 3.63) is 35.5 Å². The van der Waals surface area contributed by atoms with Crippen LogP contribution in [0.5, 0.6) is 0 Å². The minimum absolute atomic E-state index is 0.283. The highest BCUT2D eigenvalue weighted by Gasteiger charge is 2.23. The lowest BCUT2D eigenvalue weighted by Crippen LogP contribution is -2.20. The van der Waals surface area contributed by atoms with Crippen LogP contribution in [-0.4, -0.2) is 29.8 Å². The van der Waals surface area contributed by atoms with E-state index < -0.39 is 0 Å². The van der Waals surface area contributed by atoms with Crippen LogP contribution in [0.2, 0.25) is 5.02 Å². The molecule has 0 amide bonds. The molecule has 0 spiro atoms. The van der Waals surface area contributed by atoms with Gasteiger partial charge in [-0.05, 0) is 43.0 Å². The van der Waals surface area contributed by atoms with E-state index in [1.165, 1.54) is 5.69 Å². The molecule has 100 valence electrons. The van der Waals surface area contributed by atoms with Gasteiger partial charge < -0.3 is 10.0 Å². The minimum atomic E-state index is 0.283. The molecule has 4 heteroatoms. The molecule has 1 fully saturated rings. The van der Waals surface area contributed by atoms with Crippen molar-refractivity contribution in [3.8, 4) is 0 Å². The van der Waals surface area contributed by atoms with E-state index in [-0.39, 0.29) is 6.61 Å². The predicted molar refractivity (Wildman–Crippen MR) is 78.8 cm³/mol. The Bertz CT molecular complexity index is 587. The summed E-state index contributed by atoms with van der Waals surface area (Å²) in [5, 5.41) is 10.9. The summed E-state index contributed by atoms with van der Waals surface area (Å²) in [4.78, 5) is 6.77. The van der Waals surface area contributed by atoms with Gasteiger partial charge in [0.05, 0.1) is 5.52 Å². The lowest BCUT2D eigenvalue weighted by atomic mass is 10.1. The minimum Gasteiger partial charge on any atom is -0.396 e. The molecule has 19 heavy (non-hydrogen) atoms. The fraction of sp³-hybridized carbons (Fsp3) is 0.400. The Morgan fingerprint density at radius 1 is 1.37 bits per heavy atom. The predicted octanol–water partition coefficient (Wildman–Crippen LogP) is 3.10. The lowest BCUT2D eigenvalue weighted by Gasteiger charge is -2.20. The van der Waals surface area contributed by atoms with Crippen molar-refractivity contribution in [2.75, 3.05) is 24.6 Å². The van der Waals surface area contributed by atoms with E-state index in [1.54, 1.807) is 0 Å². The number of halogens is 1. The van der Waals surface area contributed by atoms with Crippen molar-refractivity contribution in [1.82, 2.24) is 4.98 Å². The van der Waals surface area contributed by atoms with Gasteiger partial charge in [-0.15, -0.1) is 0 Å². The fourth-order valence-corrected chi connectivity index (χ4v) is 3.02. The number of benzene rings is 1. The maximum absolute atomic E-state index is 9.04. The van der Waals surface area contributed by atoms with Gasteiger partial charge in [-0.3, -0.25) is 4.98 Å². The van der Waals surface area contributed by atoms with Crippen LogP contribution in [-0.2, 0) is 0 Å². The summed E-state index contributed by atoms with van der Waals surface area (Å²) >= 11 is 6.01. The number of aliphatic hydroxyl groups excluding tert-OH is 1. The standard InChI is InChI=1S/C15H17ClN2O/c16-12-1-2-13-14(9-12)17-6-3-15(13)18-7-4-11(10-18)5-8-19/h1-3,6,9,11,19H,4-5,7-8,10H2. The molecule has 0 aliphatic carbocycles. The molecule has 3 nitrogen and oxygen atoms in total. The Labute approximate surface area is 117 Å². The van der Waals surface area contributed by atoms with Crippen LogP contribution in [0, 0.1) is 5.92 Å². The first-order chi connectivity index (χ1) is 9.28. The van der Waals surface area contributed by atoms with Crippen molar-refractivity contribution < 1.29 is 5.11 Å². The normalized spacial score (nSPS) is 19.3. The zero-order valence-electron chi connectivity index (χ0n) is 10.7. The Balaban J connectivity index is 1.93. The summed E-state index contributed by atoms with van der Waals surface area (Å²) in [5.41, 5.74) is 2.16. The van der Waals surface area contributed by atoms with E-state index in [0.29, 0.717) is 5.92 Å². The first-order valence-electron chi connectivity index (χ1n) is 6.68. The molecule has 0 saturated carbocycles. The van der Waals surface area contributed by atoms with Crippen LogP contribution in [0.25, 0.3) is 10.9 Å². The highest BCUT2D eigenvalue weighted by Crippen LogP contribution is 2.31. The number of fused-ring (bicyclic) bond motifs is 1. The molecule has 0 radical (unpaired) electrons. The van der Waals surface area contributed by atoms with Crippen molar-refractivity contribution in [2.45, 2.75) is 12.8 Å². The fourth-order valence-electron chi connectivity index (χ4n) is 2.85. The zero-order chi connectivity index (χ0) is 13.2. The smallest absolute Gasteiger partial charge is 0.0737 e. The van der Waals surface area contributed by atoms with Crippen molar-refractivity contribution in [1.29, 1.82) is 0 Å². The molecular formula is C15H17ClN2O. The van der Waals surface area contributed by atoms with Gasteiger partial charge in [0.2, 0.25) is 0 Å². The van der Waals surface area contributed by atoms with E-state index in [0.717, 1.165) is 41.9 Å². The van der Waals surface area contributed by atoms with Crippen LogP contribution in [0.4, 0.5) is 5.69 Å². The molecule has 1 unspecified atom stereocenters. The SMILES string of the molecule is OCCC1CCN(c2ccnc3cc(Cl)ccc23)C1. The average molecular weight is 277 g/mol. The van der Waals surface area contributed by atoms with Crippen LogP contribution < -0.4 is 4.90 Å². The highest BCUT2D eigenvalue weighted by molar-refractivity contribution is 6.31. The number of anilines is 1. The third kappa shape index (κ3) is 2.53. The van der Waals surface area contributed by atoms with Gasteiger partial charge in [-0.25, -0.2) is 0 Å². The number of aliphatic hydroxyl groups is 1. The second-order valence-corrected chi connectivity index (χ2v) is 5.54. The summed E-state index contributed by atoms with van der Waals surface area (Å²) in [5.74, 6) is 0.598. The molecule has 2 aromatic rings. The summed E-state index contributed by atoms with van der Waals surface area (Å²) < 4.78 is 0. The molecule has 1 aromatic carbocycles. The van der Waals surface area contributed by atoms with Gasteiger partial charge in [0.15, 0.2) is 0 Å².